The SMILES string of the molecule is CCCOc1cccnc1NC(=O)Cc1sc(Cc2cccc3ccccc23)nc1C. The molecule has 0 spiro atoms. The van der Waals surface area contributed by atoms with Gasteiger partial charge in [0, 0.05) is 17.5 Å². The van der Waals surface area contributed by atoms with E-state index in [4.69, 9.17) is 9.72 Å². The smallest absolute Gasteiger partial charge is 0.230 e. The first-order chi connectivity index (χ1) is 15.1. The second-order valence-corrected chi connectivity index (χ2v) is 8.52. The van der Waals surface area contributed by atoms with Crippen molar-refractivity contribution in [1.29, 1.82) is 0 Å². The van der Waals surface area contributed by atoms with Gasteiger partial charge in [-0.1, -0.05) is 49.4 Å². The maximum atomic E-state index is 12.7. The largest absolute Gasteiger partial charge is 0.490 e. The topological polar surface area (TPSA) is 64.1 Å². The Morgan fingerprint density at radius 3 is 2.81 bits per heavy atom. The van der Waals surface area contributed by atoms with Crippen LogP contribution in [0.1, 0.15) is 34.5 Å². The van der Waals surface area contributed by atoms with Crippen LogP contribution in [-0.2, 0) is 17.6 Å². The normalized spacial score (nSPS) is 10.9. The summed E-state index contributed by atoms with van der Waals surface area (Å²) in [5.41, 5.74) is 2.15. The number of thiazole rings is 1. The summed E-state index contributed by atoms with van der Waals surface area (Å²) >= 11 is 1.60. The van der Waals surface area contributed by atoms with E-state index in [9.17, 15) is 4.79 Å². The van der Waals surface area contributed by atoms with Gasteiger partial charge in [0.05, 0.1) is 23.7 Å². The highest BCUT2D eigenvalue weighted by Gasteiger charge is 2.15. The lowest BCUT2D eigenvalue weighted by Gasteiger charge is -2.10. The van der Waals surface area contributed by atoms with Gasteiger partial charge in [-0.05, 0) is 41.8 Å². The highest BCUT2D eigenvalue weighted by molar-refractivity contribution is 7.11. The molecular weight excluding hydrogens is 406 g/mol. The number of pyridine rings is 1. The lowest BCUT2D eigenvalue weighted by atomic mass is 10.0. The third-order valence-corrected chi connectivity index (χ3v) is 6.13. The Hall–Kier alpha value is -3.25. The number of hydrogen-bond acceptors (Lipinski definition) is 5. The molecule has 31 heavy (non-hydrogen) atoms. The Balaban J connectivity index is 1.46. The summed E-state index contributed by atoms with van der Waals surface area (Å²) in [5.74, 6) is 0.929. The van der Waals surface area contributed by atoms with E-state index in [1.54, 1.807) is 23.6 Å². The summed E-state index contributed by atoms with van der Waals surface area (Å²) in [7, 11) is 0. The zero-order valence-corrected chi connectivity index (χ0v) is 18.5. The van der Waals surface area contributed by atoms with Gasteiger partial charge in [0.25, 0.3) is 0 Å². The molecule has 0 unspecified atom stereocenters. The molecule has 0 bridgehead atoms. The van der Waals surface area contributed by atoms with Gasteiger partial charge in [0.2, 0.25) is 5.91 Å². The summed E-state index contributed by atoms with van der Waals surface area (Å²) < 4.78 is 5.68. The van der Waals surface area contributed by atoms with Crippen molar-refractivity contribution in [2.45, 2.75) is 33.1 Å². The first-order valence-electron chi connectivity index (χ1n) is 10.4. The van der Waals surface area contributed by atoms with Gasteiger partial charge in [0.1, 0.15) is 0 Å². The van der Waals surface area contributed by atoms with Gasteiger partial charge in [-0.25, -0.2) is 9.97 Å². The molecule has 1 amide bonds. The molecule has 6 heteroatoms. The number of nitrogens with one attached hydrogen (secondary N) is 1. The Morgan fingerprint density at radius 2 is 1.94 bits per heavy atom. The van der Waals surface area contributed by atoms with Crippen molar-refractivity contribution in [1.82, 2.24) is 9.97 Å². The van der Waals surface area contributed by atoms with Gasteiger partial charge >= 0.3 is 0 Å². The van der Waals surface area contributed by atoms with E-state index in [-0.39, 0.29) is 12.3 Å². The Morgan fingerprint density at radius 1 is 1.10 bits per heavy atom. The monoisotopic (exact) mass is 431 g/mol. The number of anilines is 1. The van der Waals surface area contributed by atoms with E-state index in [1.807, 2.05) is 19.9 Å². The number of aromatic nitrogens is 2. The highest BCUT2D eigenvalue weighted by atomic mass is 32.1. The second-order valence-electron chi connectivity index (χ2n) is 7.35. The van der Waals surface area contributed by atoms with E-state index >= 15 is 0 Å². The number of hydrogen-bond donors (Lipinski definition) is 1. The molecule has 2 aromatic carbocycles. The Kier molecular flexibility index (Phi) is 6.57. The molecule has 0 fully saturated rings. The number of amides is 1. The molecule has 4 aromatic rings. The van der Waals surface area contributed by atoms with Gasteiger partial charge in [0.15, 0.2) is 11.6 Å². The minimum absolute atomic E-state index is 0.122. The third kappa shape index (κ3) is 5.09. The Bertz CT molecular complexity index is 1200. The lowest BCUT2D eigenvalue weighted by molar-refractivity contribution is -0.115. The van der Waals surface area contributed by atoms with Crippen LogP contribution in [0.25, 0.3) is 10.8 Å². The summed E-state index contributed by atoms with van der Waals surface area (Å²) in [6.45, 7) is 4.58. The molecule has 4 rings (SSSR count). The van der Waals surface area contributed by atoms with Crippen LogP contribution in [0.5, 0.6) is 5.75 Å². The molecule has 0 aliphatic heterocycles. The van der Waals surface area contributed by atoms with Crippen LogP contribution in [0.3, 0.4) is 0 Å². The average Bonchev–Trinajstić information content (AvgIpc) is 3.11. The molecule has 1 N–H and O–H groups in total. The first-order valence-corrected chi connectivity index (χ1v) is 11.2. The fourth-order valence-corrected chi connectivity index (χ4v) is 4.56. The molecule has 2 heterocycles. The maximum Gasteiger partial charge on any atom is 0.230 e. The molecule has 0 aliphatic carbocycles. The van der Waals surface area contributed by atoms with Crippen molar-refractivity contribution in [2.75, 3.05) is 11.9 Å². The molecule has 0 saturated carbocycles. The van der Waals surface area contributed by atoms with Crippen LogP contribution in [-0.4, -0.2) is 22.5 Å². The minimum Gasteiger partial charge on any atom is -0.490 e. The number of nitrogens with zero attached hydrogens (tertiary/aromatic N) is 2. The van der Waals surface area contributed by atoms with Crippen molar-refractivity contribution >= 4 is 33.8 Å². The number of carbonyl (C=O) groups excluding carboxylic acids is 1. The van der Waals surface area contributed by atoms with Crippen molar-refractivity contribution in [2.24, 2.45) is 0 Å². The summed E-state index contributed by atoms with van der Waals surface area (Å²) in [4.78, 5) is 22.6. The van der Waals surface area contributed by atoms with Crippen LogP contribution in [0.2, 0.25) is 0 Å². The predicted octanol–water partition coefficient (Wildman–Crippen LogP) is 5.56. The first kappa shape index (κ1) is 21.0. The Labute approximate surface area is 186 Å². The summed E-state index contributed by atoms with van der Waals surface area (Å²) in [5, 5.41) is 6.37. The average molecular weight is 432 g/mol. The number of ether oxygens (including phenoxy) is 1. The summed E-state index contributed by atoms with van der Waals surface area (Å²) in [6, 6.07) is 18.3. The predicted molar refractivity (Wildman–Crippen MR) is 126 cm³/mol. The number of fused-ring (bicyclic) bond motifs is 1. The van der Waals surface area contributed by atoms with Crippen molar-refractivity contribution in [3.05, 3.63) is 81.9 Å². The van der Waals surface area contributed by atoms with Crippen LogP contribution in [0, 0.1) is 6.92 Å². The van der Waals surface area contributed by atoms with E-state index in [0.717, 1.165) is 28.4 Å². The maximum absolute atomic E-state index is 12.7. The fraction of sp³-hybridized carbons (Fsp3) is 0.240. The number of aryl methyl sites for hydroxylation is 1. The molecule has 0 radical (unpaired) electrons. The van der Waals surface area contributed by atoms with Crippen LogP contribution < -0.4 is 10.1 Å². The van der Waals surface area contributed by atoms with Crippen molar-refractivity contribution < 1.29 is 9.53 Å². The van der Waals surface area contributed by atoms with E-state index in [1.165, 1.54) is 16.3 Å². The van der Waals surface area contributed by atoms with Crippen molar-refractivity contribution in [3.8, 4) is 5.75 Å². The van der Waals surface area contributed by atoms with E-state index < -0.39 is 0 Å². The van der Waals surface area contributed by atoms with Crippen molar-refractivity contribution in [3.63, 3.8) is 0 Å². The molecule has 0 atom stereocenters. The number of rotatable bonds is 8. The highest BCUT2D eigenvalue weighted by Crippen LogP contribution is 2.26. The third-order valence-electron chi connectivity index (χ3n) is 4.97. The fourth-order valence-electron chi connectivity index (χ4n) is 3.47. The summed E-state index contributed by atoms with van der Waals surface area (Å²) in [6.07, 6.45) is 3.56. The van der Waals surface area contributed by atoms with Crippen LogP contribution >= 0.6 is 11.3 Å². The quantitative estimate of drug-likeness (QED) is 0.397. The zero-order chi connectivity index (χ0) is 21.6. The molecule has 158 valence electrons. The molecule has 2 aromatic heterocycles. The van der Waals surface area contributed by atoms with Gasteiger partial charge in [-0.15, -0.1) is 11.3 Å². The van der Waals surface area contributed by atoms with Gasteiger partial charge < -0.3 is 10.1 Å². The van der Waals surface area contributed by atoms with Crippen LogP contribution in [0.4, 0.5) is 5.82 Å². The van der Waals surface area contributed by atoms with E-state index in [2.05, 4.69) is 52.8 Å². The number of benzene rings is 2. The second kappa shape index (κ2) is 9.71. The molecule has 0 aliphatic rings. The number of carbonyl (C=O) groups is 1. The molecule has 5 nitrogen and oxygen atoms in total. The zero-order valence-electron chi connectivity index (χ0n) is 17.7. The lowest BCUT2D eigenvalue weighted by Crippen LogP contribution is -2.16. The molecule has 0 saturated heterocycles. The standard InChI is InChI=1S/C25H25N3O2S/c1-3-14-30-21-12-7-13-26-25(21)28-23(29)16-22-17(2)27-24(31-22)15-19-10-6-9-18-8-4-5-11-20(18)19/h4-13H,3,14-16H2,1-2H3,(H,26,28,29). The minimum atomic E-state index is -0.122. The molecular formula is C25H25N3O2S. The van der Waals surface area contributed by atoms with Gasteiger partial charge in [-0.2, -0.15) is 0 Å². The van der Waals surface area contributed by atoms with Gasteiger partial charge in [-0.3, -0.25) is 4.79 Å². The van der Waals surface area contributed by atoms with E-state index in [0.29, 0.717) is 18.2 Å². The van der Waals surface area contributed by atoms with Crippen LogP contribution in [0.15, 0.2) is 60.8 Å².